The Balaban J connectivity index is 1.61. The highest BCUT2D eigenvalue weighted by molar-refractivity contribution is 5.97. The van der Waals surface area contributed by atoms with E-state index in [1.807, 2.05) is 18.2 Å². The molecule has 0 fully saturated rings. The van der Waals surface area contributed by atoms with Gasteiger partial charge in [0.1, 0.15) is 5.52 Å². The Hall–Kier alpha value is -3.02. The minimum Gasteiger partial charge on any atom is -0.493 e. The molecule has 6 nitrogen and oxygen atoms in total. The number of amides is 1. The number of nitrogens with zero attached hydrogens (tertiary/aromatic N) is 1. The first kappa shape index (κ1) is 16.8. The fraction of sp³-hybridized carbons (Fsp3) is 0.263. The zero-order valence-electron chi connectivity index (χ0n) is 14.5. The van der Waals surface area contributed by atoms with E-state index in [4.69, 9.17) is 13.9 Å². The molecule has 0 saturated heterocycles. The molecule has 3 aromatic rings. The summed E-state index contributed by atoms with van der Waals surface area (Å²) in [5, 5.41) is 2.91. The van der Waals surface area contributed by atoms with Gasteiger partial charge in [0, 0.05) is 19.0 Å². The van der Waals surface area contributed by atoms with E-state index in [0.29, 0.717) is 41.5 Å². The SMILES string of the molecule is COc1ccc(CCNC(=O)c2ccc3nc(C)oc3c2)cc1OC. The van der Waals surface area contributed by atoms with Crippen molar-refractivity contribution in [2.75, 3.05) is 20.8 Å². The van der Waals surface area contributed by atoms with Crippen molar-refractivity contribution in [2.45, 2.75) is 13.3 Å². The molecular formula is C19H20N2O4. The summed E-state index contributed by atoms with van der Waals surface area (Å²) < 4.78 is 16.0. The third-order valence-corrected chi connectivity index (χ3v) is 3.90. The first-order chi connectivity index (χ1) is 12.1. The van der Waals surface area contributed by atoms with Crippen molar-refractivity contribution < 1.29 is 18.7 Å². The molecule has 6 heteroatoms. The molecule has 0 bridgehead atoms. The highest BCUT2D eigenvalue weighted by Gasteiger charge is 2.10. The molecule has 0 radical (unpaired) electrons. The van der Waals surface area contributed by atoms with E-state index in [2.05, 4.69) is 10.3 Å². The fourth-order valence-electron chi connectivity index (χ4n) is 2.64. The summed E-state index contributed by atoms with van der Waals surface area (Å²) in [7, 11) is 3.20. The van der Waals surface area contributed by atoms with Gasteiger partial charge < -0.3 is 19.2 Å². The summed E-state index contributed by atoms with van der Waals surface area (Å²) in [5.74, 6) is 1.81. The molecule has 0 aliphatic rings. The predicted molar refractivity (Wildman–Crippen MR) is 94.3 cm³/mol. The zero-order chi connectivity index (χ0) is 17.8. The Morgan fingerprint density at radius 2 is 1.92 bits per heavy atom. The van der Waals surface area contributed by atoms with Crippen molar-refractivity contribution in [1.82, 2.24) is 10.3 Å². The quantitative estimate of drug-likeness (QED) is 0.746. The molecule has 0 saturated carbocycles. The van der Waals surface area contributed by atoms with Crippen LogP contribution in [0.4, 0.5) is 0 Å². The van der Waals surface area contributed by atoms with E-state index in [0.717, 1.165) is 11.1 Å². The van der Waals surface area contributed by atoms with Gasteiger partial charge in [0.15, 0.2) is 23.0 Å². The first-order valence-corrected chi connectivity index (χ1v) is 7.97. The minimum atomic E-state index is -0.142. The van der Waals surface area contributed by atoms with Crippen LogP contribution in [-0.2, 0) is 6.42 Å². The van der Waals surface area contributed by atoms with Gasteiger partial charge in [0.2, 0.25) is 0 Å². The maximum atomic E-state index is 12.3. The number of ether oxygens (including phenoxy) is 2. The standard InChI is InChI=1S/C19H20N2O4/c1-12-21-15-6-5-14(11-17(15)25-12)19(22)20-9-8-13-4-7-16(23-2)18(10-13)24-3/h4-7,10-11H,8-9H2,1-3H3,(H,20,22). The summed E-state index contributed by atoms with van der Waals surface area (Å²) in [5.41, 5.74) is 2.97. The topological polar surface area (TPSA) is 73.6 Å². The molecule has 1 aromatic heterocycles. The van der Waals surface area contributed by atoms with Gasteiger partial charge in [0.25, 0.3) is 5.91 Å². The summed E-state index contributed by atoms with van der Waals surface area (Å²) in [4.78, 5) is 16.5. The molecule has 25 heavy (non-hydrogen) atoms. The van der Waals surface area contributed by atoms with Crippen LogP contribution < -0.4 is 14.8 Å². The average molecular weight is 340 g/mol. The summed E-state index contributed by atoms with van der Waals surface area (Å²) >= 11 is 0. The first-order valence-electron chi connectivity index (χ1n) is 7.97. The van der Waals surface area contributed by atoms with Crippen LogP contribution in [0.3, 0.4) is 0 Å². The van der Waals surface area contributed by atoms with E-state index in [1.54, 1.807) is 39.3 Å². The van der Waals surface area contributed by atoms with Crippen LogP contribution in [-0.4, -0.2) is 31.7 Å². The number of aryl methyl sites for hydroxylation is 1. The lowest BCUT2D eigenvalue weighted by Gasteiger charge is -2.10. The van der Waals surface area contributed by atoms with Gasteiger partial charge in [-0.1, -0.05) is 6.07 Å². The van der Waals surface area contributed by atoms with Crippen LogP contribution in [0, 0.1) is 6.92 Å². The smallest absolute Gasteiger partial charge is 0.251 e. The van der Waals surface area contributed by atoms with Crippen LogP contribution in [0.5, 0.6) is 11.5 Å². The number of carbonyl (C=O) groups excluding carboxylic acids is 1. The van der Waals surface area contributed by atoms with Gasteiger partial charge in [0.05, 0.1) is 14.2 Å². The predicted octanol–water partition coefficient (Wildman–Crippen LogP) is 3.13. The van der Waals surface area contributed by atoms with Gasteiger partial charge in [-0.2, -0.15) is 0 Å². The number of benzene rings is 2. The number of aromatic nitrogens is 1. The Bertz CT molecular complexity index is 902. The number of oxazole rings is 1. The normalized spacial score (nSPS) is 10.7. The molecule has 0 spiro atoms. The molecule has 0 aliphatic heterocycles. The number of hydrogen-bond donors (Lipinski definition) is 1. The highest BCUT2D eigenvalue weighted by atomic mass is 16.5. The van der Waals surface area contributed by atoms with Crippen molar-refractivity contribution in [3.63, 3.8) is 0 Å². The van der Waals surface area contributed by atoms with Crippen molar-refractivity contribution in [2.24, 2.45) is 0 Å². The second-order valence-electron chi connectivity index (χ2n) is 5.61. The number of rotatable bonds is 6. The maximum absolute atomic E-state index is 12.3. The van der Waals surface area contributed by atoms with Crippen molar-refractivity contribution in [3.05, 3.63) is 53.4 Å². The van der Waals surface area contributed by atoms with Crippen LogP contribution in [0.25, 0.3) is 11.1 Å². The van der Waals surface area contributed by atoms with Crippen LogP contribution in [0.2, 0.25) is 0 Å². The molecule has 1 amide bonds. The summed E-state index contributed by atoms with van der Waals surface area (Å²) in [6, 6.07) is 11.0. The van der Waals surface area contributed by atoms with E-state index in [1.165, 1.54) is 0 Å². The molecule has 0 atom stereocenters. The van der Waals surface area contributed by atoms with Crippen LogP contribution >= 0.6 is 0 Å². The number of hydrogen-bond acceptors (Lipinski definition) is 5. The zero-order valence-corrected chi connectivity index (χ0v) is 14.5. The third kappa shape index (κ3) is 3.74. The summed E-state index contributed by atoms with van der Waals surface area (Å²) in [6.45, 7) is 2.30. The molecule has 130 valence electrons. The molecule has 0 aliphatic carbocycles. The van der Waals surface area contributed by atoms with Gasteiger partial charge in [-0.3, -0.25) is 4.79 Å². The van der Waals surface area contributed by atoms with Gasteiger partial charge in [-0.05, 0) is 42.3 Å². The van der Waals surface area contributed by atoms with Crippen molar-refractivity contribution in [3.8, 4) is 11.5 Å². The average Bonchev–Trinajstić information content (AvgIpc) is 3.00. The Morgan fingerprint density at radius 3 is 2.68 bits per heavy atom. The largest absolute Gasteiger partial charge is 0.493 e. The molecule has 2 aromatic carbocycles. The van der Waals surface area contributed by atoms with Crippen LogP contribution in [0.15, 0.2) is 40.8 Å². The van der Waals surface area contributed by atoms with Gasteiger partial charge >= 0.3 is 0 Å². The van der Waals surface area contributed by atoms with Crippen LogP contribution in [0.1, 0.15) is 21.8 Å². The van der Waals surface area contributed by atoms with E-state index >= 15 is 0 Å². The van der Waals surface area contributed by atoms with Gasteiger partial charge in [-0.15, -0.1) is 0 Å². The maximum Gasteiger partial charge on any atom is 0.251 e. The molecule has 1 heterocycles. The lowest BCUT2D eigenvalue weighted by Crippen LogP contribution is -2.25. The third-order valence-electron chi connectivity index (χ3n) is 3.90. The van der Waals surface area contributed by atoms with Gasteiger partial charge in [-0.25, -0.2) is 4.98 Å². The Kier molecular flexibility index (Phi) is 4.88. The number of nitrogens with one attached hydrogen (secondary N) is 1. The van der Waals surface area contributed by atoms with Crippen molar-refractivity contribution in [1.29, 1.82) is 0 Å². The number of fused-ring (bicyclic) bond motifs is 1. The lowest BCUT2D eigenvalue weighted by atomic mass is 10.1. The fourth-order valence-corrected chi connectivity index (χ4v) is 2.64. The molecule has 0 unspecified atom stereocenters. The second-order valence-corrected chi connectivity index (χ2v) is 5.61. The summed E-state index contributed by atoms with van der Waals surface area (Å²) in [6.07, 6.45) is 0.690. The Morgan fingerprint density at radius 1 is 1.12 bits per heavy atom. The monoisotopic (exact) mass is 340 g/mol. The van der Waals surface area contributed by atoms with E-state index in [-0.39, 0.29) is 5.91 Å². The highest BCUT2D eigenvalue weighted by Crippen LogP contribution is 2.27. The number of carbonyl (C=O) groups is 1. The van der Waals surface area contributed by atoms with E-state index < -0.39 is 0 Å². The lowest BCUT2D eigenvalue weighted by molar-refractivity contribution is 0.0954. The van der Waals surface area contributed by atoms with E-state index in [9.17, 15) is 4.79 Å². The number of methoxy groups -OCH3 is 2. The Labute approximate surface area is 145 Å². The van der Waals surface area contributed by atoms with Crippen molar-refractivity contribution >= 4 is 17.0 Å². The second kappa shape index (κ2) is 7.25. The minimum absolute atomic E-state index is 0.142. The molecule has 3 rings (SSSR count). The molecular weight excluding hydrogens is 320 g/mol. The molecule has 1 N–H and O–H groups in total.